The minimum absolute atomic E-state index is 0.0613. The number of carbonyl (C=O) groups is 1. The van der Waals surface area contributed by atoms with Gasteiger partial charge in [0.15, 0.2) is 0 Å². The van der Waals surface area contributed by atoms with Crippen LogP contribution in [0.5, 0.6) is 0 Å². The molecule has 2 heterocycles. The van der Waals surface area contributed by atoms with Crippen LogP contribution in [0, 0.1) is 0 Å². The van der Waals surface area contributed by atoms with Gasteiger partial charge in [0.1, 0.15) is 16.4 Å². The zero-order valence-corrected chi connectivity index (χ0v) is 16.1. The molecule has 1 fully saturated rings. The van der Waals surface area contributed by atoms with Gasteiger partial charge in [0.25, 0.3) is 0 Å². The van der Waals surface area contributed by atoms with Crippen LogP contribution in [0.3, 0.4) is 0 Å². The SMILES string of the molecule is CC(C)(C)OC(=O)N1CC[C@H](n2nc(Br)c3c2CCCC3)[C@H](F)C1. The van der Waals surface area contributed by atoms with Crippen molar-refractivity contribution >= 4 is 22.0 Å². The summed E-state index contributed by atoms with van der Waals surface area (Å²) in [5.74, 6) is 0. The Kier molecular flexibility index (Phi) is 4.91. The Morgan fingerprint density at radius 2 is 2.04 bits per heavy atom. The summed E-state index contributed by atoms with van der Waals surface area (Å²) in [6, 6.07) is -0.304. The zero-order valence-electron chi connectivity index (χ0n) is 14.5. The molecule has 1 saturated heterocycles. The minimum atomic E-state index is -1.14. The molecule has 1 aromatic rings. The molecule has 24 heavy (non-hydrogen) atoms. The first-order chi connectivity index (χ1) is 11.3. The fraction of sp³-hybridized carbons (Fsp3) is 0.765. The number of alkyl halides is 1. The van der Waals surface area contributed by atoms with Crippen molar-refractivity contribution < 1.29 is 13.9 Å². The van der Waals surface area contributed by atoms with Gasteiger partial charge in [-0.2, -0.15) is 5.10 Å². The van der Waals surface area contributed by atoms with Gasteiger partial charge < -0.3 is 9.64 Å². The molecular formula is C17H25BrFN3O2. The number of hydrogen-bond acceptors (Lipinski definition) is 3. The maximum atomic E-state index is 14.8. The molecule has 134 valence electrons. The predicted octanol–water partition coefficient (Wildman–Crippen LogP) is 4.04. The maximum absolute atomic E-state index is 14.8. The van der Waals surface area contributed by atoms with Gasteiger partial charge >= 0.3 is 6.09 Å². The number of aromatic nitrogens is 2. The van der Waals surface area contributed by atoms with E-state index in [1.165, 1.54) is 10.5 Å². The summed E-state index contributed by atoms with van der Waals surface area (Å²) in [5, 5.41) is 4.55. The Morgan fingerprint density at radius 3 is 2.71 bits per heavy atom. The van der Waals surface area contributed by atoms with E-state index in [4.69, 9.17) is 4.74 Å². The molecule has 0 bridgehead atoms. The first-order valence-electron chi connectivity index (χ1n) is 8.64. The van der Waals surface area contributed by atoms with E-state index in [1.807, 2.05) is 25.5 Å². The number of amides is 1. The largest absolute Gasteiger partial charge is 0.444 e. The molecule has 0 unspecified atom stereocenters. The number of likely N-dealkylation sites (tertiary alicyclic amines) is 1. The molecule has 0 radical (unpaired) electrons. The number of piperidine rings is 1. The molecule has 0 aromatic carbocycles. The van der Waals surface area contributed by atoms with Crippen molar-refractivity contribution in [1.29, 1.82) is 0 Å². The second-order valence-corrected chi connectivity index (χ2v) is 8.42. The lowest BCUT2D eigenvalue weighted by Gasteiger charge is -2.36. The van der Waals surface area contributed by atoms with Crippen LogP contribution in [-0.2, 0) is 17.6 Å². The summed E-state index contributed by atoms with van der Waals surface area (Å²) in [6.07, 6.45) is 3.22. The second-order valence-electron chi connectivity index (χ2n) is 7.67. The average molecular weight is 402 g/mol. The van der Waals surface area contributed by atoms with Crippen LogP contribution in [0.4, 0.5) is 9.18 Å². The topological polar surface area (TPSA) is 47.4 Å². The van der Waals surface area contributed by atoms with Crippen molar-refractivity contribution in [2.45, 2.75) is 70.7 Å². The van der Waals surface area contributed by atoms with E-state index >= 15 is 0 Å². The molecule has 7 heteroatoms. The maximum Gasteiger partial charge on any atom is 0.410 e. The van der Waals surface area contributed by atoms with E-state index in [0.717, 1.165) is 36.0 Å². The average Bonchev–Trinajstić information content (AvgIpc) is 2.83. The summed E-state index contributed by atoms with van der Waals surface area (Å²) >= 11 is 3.52. The minimum Gasteiger partial charge on any atom is -0.444 e. The van der Waals surface area contributed by atoms with Crippen molar-refractivity contribution in [3.05, 3.63) is 15.9 Å². The first kappa shape index (κ1) is 17.7. The monoisotopic (exact) mass is 401 g/mol. The first-order valence-corrected chi connectivity index (χ1v) is 9.43. The Morgan fingerprint density at radius 1 is 1.33 bits per heavy atom. The predicted molar refractivity (Wildman–Crippen MR) is 92.9 cm³/mol. The van der Waals surface area contributed by atoms with Gasteiger partial charge in [0, 0.05) is 17.8 Å². The Balaban J connectivity index is 1.72. The summed E-state index contributed by atoms with van der Waals surface area (Å²) in [7, 11) is 0. The van der Waals surface area contributed by atoms with Crippen molar-refractivity contribution in [3.63, 3.8) is 0 Å². The van der Waals surface area contributed by atoms with E-state index in [-0.39, 0.29) is 12.6 Å². The molecular weight excluding hydrogens is 377 g/mol. The highest BCUT2D eigenvalue weighted by Crippen LogP contribution is 2.34. The lowest BCUT2D eigenvalue weighted by atomic mass is 9.96. The highest BCUT2D eigenvalue weighted by molar-refractivity contribution is 9.10. The van der Waals surface area contributed by atoms with Crippen LogP contribution in [-0.4, -0.2) is 45.6 Å². The van der Waals surface area contributed by atoms with Gasteiger partial charge in [-0.15, -0.1) is 0 Å². The zero-order chi connectivity index (χ0) is 17.5. The smallest absolute Gasteiger partial charge is 0.410 e. The molecule has 2 atom stereocenters. The van der Waals surface area contributed by atoms with Crippen LogP contribution >= 0.6 is 15.9 Å². The van der Waals surface area contributed by atoms with Crippen LogP contribution in [0.2, 0.25) is 0 Å². The molecule has 1 aliphatic carbocycles. The normalized spacial score (nSPS) is 24.6. The summed E-state index contributed by atoms with van der Waals surface area (Å²) in [5.41, 5.74) is 1.82. The van der Waals surface area contributed by atoms with E-state index in [9.17, 15) is 9.18 Å². The van der Waals surface area contributed by atoms with E-state index in [0.29, 0.717) is 13.0 Å². The molecule has 3 rings (SSSR count). The number of carbonyl (C=O) groups excluding carboxylic acids is 1. The number of fused-ring (bicyclic) bond motifs is 1. The Labute approximate surface area is 150 Å². The summed E-state index contributed by atoms with van der Waals surface area (Å²) in [4.78, 5) is 13.6. The summed E-state index contributed by atoms with van der Waals surface area (Å²) < 4.78 is 22.9. The number of rotatable bonds is 1. The van der Waals surface area contributed by atoms with E-state index < -0.39 is 17.9 Å². The van der Waals surface area contributed by atoms with Crippen molar-refractivity contribution in [1.82, 2.24) is 14.7 Å². The molecule has 0 N–H and O–H groups in total. The summed E-state index contributed by atoms with van der Waals surface area (Å²) in [6.45, 7) is 6.01. The molecule has 1 aliphatic heterocycles. The molecule has 2 aliphatic rings. The van der Waals surface area contributed by atoms with Gasteiger partial charge in [-0.3, -0.25) is 4.68 Å². The highest BCUT2D eigenvalue weighted by Gasteiger charge is 2.37. The number of hydrogen-bond donors (Lipinski definition) is 0. The van der Waals surface area contributed by atoms with Gasteiger partial charge in [-0.25, -0.2) is 9.18 Å². The van der Waals surface area contributed by atoms with Crippen LogP contribution in [0.1, 0.15) is 57.3 Å². The van der Waals surface area contributed by atoms with Gasteiger partial charge in [-0.1, -0.05) is 0 Å². The quantitative estimate of drug-likeness (QED) is 0.712. The standard InChI is InChI=1S/C17H25BrFN3O2/c1-17(2,3)24-16(23)21-9-8-14(12(19)10-21)22-13-7-5-4-6-11(13)15(18)20-22/h12,14H,4-10H2,1-3H3/t12-,14+/m1/s1. The lowest BCUT2D eigenvalue weighted by molar-refractivity contribution is 0.00548. The fourth-order valence-corrected chi connectivity index (χ4v) is 4.11. The lowest BCUT2D eigenvalue weighted by Crippen LogP contribution is -2.47. The third kappa shape index (κ3) is 3.60. The van der Waals surface area contributed by atoms with Gasteiger partial charge in [0.2, 0.25) is 0 Å². The molecule has 1 aromatic heterocycles. The molecule has 1 amide bonds. The molecule has 0 spiro atoms. The van der Waals surface area contributed by atoms with Crippen molar-refractivity contribution in [2.24, 2.45) is 0 Å². The van der Waals surface area contributed by atoms with Gasteiger partial charge in [0.05, 0.1) is 12.6 Å². The van der Waals surface area contributed by atoms with Gasteiger partial charge in [-0.05, 0) is 68.8 Å². The number of halogens is 2. The third-order valence-electron chi connectivity index (χ3n) is 4.63. The van der Waals surface area contributed by atoms with Crippen molar-refractivity contribution in [2.75, 3.05) is 13.1 Å². The van der Waals surface area contributed by atoms with Crippen LogP contribution < -0.4 is 0 Å². The fourth-order valence-electron chi connectivity index (χ4n) is 3.51. The molecule has 5 nitrogen and oxygen atoms in total. The Hall–Kier alpha value is -1.11. The Bertz CT molecular complexity index is 626. The van der Waals surface area contributed by atoms with E-state index in [2.05, 4.69) is 21.0 Å². The third-order valence-corrected chi connectivity index (χ3v) is 5.27. The van der Waals surface area contributed by atoms with Crippen LogP contribution in [0.25, 0.3) is 0 Å². The highest BCUT2D eigenvalue weighted by atomic mass is 79.9. The number of nitrogens with zero attached hydrogens (tertiary/aromatic N) is 3. The van der Waals surface area contributed by atoms with Crippen molar-refractivity contribution in [3.8, 4) is 0 Å². The number of ether oxygens (including phenoxy) is 1. The molecule has 0 saturated carbocycles. The second kappa shape index (κ2) is 6.65. The van der Waals surface area contributed by atoms with Crippen LogP contribution in [0.15, 0.2) is 4.60 Å². The van der Waals surface area contributed by atoms with E-state index in [1.54, 1.807) is 0 Å².